The Balaban J connectivity index is 1.60. The number of halogens is 3. The number of anilines is 1. The van der Waals surface area contributed by atoms with E-state index in [0.29, 0.717) is 38.6 Å². The number of nitrogens with two attached hydrogens (primary N) is 1. The number of nitrogen functional groups attached to an aromatic ring is 1. The van der Waals surface area contributed by atoms with Crippen LogP contribution in [0.5, 0.6) is 0 Å². The van der Waals surface area contributed by atoms with Gasteiger partial charge in [-0.15, -0.1) is 0 Å². The molecule has 0 amide bonds. The first-order valence-electron chi connectivity index (χ1n) is 9.49. The standard InChI is InChI=1S/C23H16F3N5/c1-31-10-18(20-22(27)29-11-30-23(20)31)16-4-2-12-7-15(28-9-17(12)21(16)26)8-13-6-14(24)3-5-19(13)25/h2-7,9-11H,8H2,1H3,(H2,27,29,30). The Labute approximate surface area is 175 Å². The monoisotopic (exact) mass is 419 g/mol. The third-order valence-electron chi connectivity index (χ3n) is 5.35. The molecule has 0 saturated carbocycles. The smallest absolute Gasteiger partial charge is 0.145 e. The maximum Gasteiger partial charge on any atom is 0.145 e. The minimum atomic E-state index is -0.522. The lowest BCUT2D eigenvalue weighted by Gasteiger charge is -2.09. The van der Waals surface area contributed by atoms with Crippen LogP contribution in [0, 0.1) is 17.5 Å². The quantitative estimate of drug-likeness (QED) is 0.457. The molecule has 0 aliphatic carbocycles. The fraction of sp³-hybridized carbons (Fsp3) is 0.0870. The van der Waals surface area contributed by atoms with E-state index in [9.17, 15) is 8.78 Å². The lowest BCUT2D eigenvalue weighted by atomic mass is 10.00. The summed E-state index contributed by atoms with van der Waals surface area (Å²) in [4.78, 5) is 12.5. The third kappa shape index (κ3) is 3.16. The van der Waals surface area contributed by atoms with Crippen LogP contribution in [0.4, 0.5) is 19.0 Å². The van der Waals surface area contributed by atoms with Crippen LogP contribution >= 0.6 is 0 Å². The number of fused-ring (bicyclic) bond motifs is 2. The number of hydrogen-bond donors (Lipinski definition) is 1. The summed E-state index contributed by atoms with van der Waals surface area (Å²) >= 11 is 0. The van der Waals surface area contributed by atoms with Crippen molar-refractivity contribution >= 4 is 27.6 Å². The summed E-state index contributed by atoms with van der Waals surface area (Å²) in [6.45, 7) is 0. The van der Waals surface area contributed by atoms with Crippen molar-refractivity contribution in [2.24, 2.45) is 7.05 Å². The van der Waals surface area contributed by atoms with Gasteiger partial charge in [-0.25, -0.2) is 23.1 Å². The van der Waals surface area contributed by atoms with Gasteiger partial charge < -0.3 is 10.3 Å². The van der Waals surface area contributed by atoms with Gasteiger partial charge in [0, 0.05) is 48.1 Å². The van der Waals surface area contributed by atoms with Crippen LogP contribution in [0.2, 0.25) is 0 Å². The summed E-state index contributed by atoms with van der Waals surface area (Å²) in [5.74, 6) is -1.22. The molecule has 0 aliphatic heterocycles. The largest absolute Gasteiger partial charge is 0.383 e. The molecule has 5 rings (SSSR count). The zero-order valence-electron chi connectivity index (χ0n) is 16.4. The van der Waals surface area contributed by atoms with E-state index in [2.05, 4.69) is 15.0 Å². The van der Waals surface area contributed by atoms with E-state index in [1.54, 1.807) is 36.0 Å². The van der Waals surface area contributed by atoms with Crippen LogP contribution in [0.15, 0.2) is 55.1 Å². The van der Waals surface area contributed by atoms with Crippen LogP contribution in [0.25, 0.3) is 32.9 Å². The summed E-state index contributed by atoms with van der Waals surface area (Å²) in [7, 11) is 1.80. The molecule has 0 saturated heterocycles. The maximum absolute atomic E-state index is 15.5. The van der Waals surface area contributed by atoms with Gasteiger partial charge in [-0.2, -0.15) is 0 Å². The first-order chi connectivity index (χ1) is 14.9. The van der Waals surface area contributed by atoms with Gasteiger partial charge in [0.2, 0.25) is 0 Å². The summed E-state index contributed by atoms with van der Waals surface area (Å²) < 4.78 is 44.6. The normalized spacial score (nSPS) is 11.5. The maximum atomic E-state index is 15.5. The molecule has 0 radical (unpaired) electrons. The first kappa shape index (κ1) is 19.0. The summed E-state index contributed by atoms with van der Waals surface area (Å²) in [5, 5.41) is 1.50. The van der Waals surface area contributed by atoms with E-state index >= 15 is 4.39 Å². The fourth-order valence-corrected chi connectivity index (χ4v) is 3.85. The van der Waals surface area contributed by atoms with Crippen molar-refractivity contribution in [3.05, 3.63) is 83.8 Å². The van der Waals surface area contributed by atoms with Crippen LogP contribution in [-0.4, -0.2) is 19.5 Å². The second-order valence-electron chi connectivity index (χ2n) is 7.35. The SMILES string of the molecule is Cn1cc(-c2ccc3cc(Cc4cc(F)ccc4F)ncc3c2F)c2c(N)ncnc21. The Morgan fingerprint density at radius 3 is 2.65 bits per heavy atom. The molecule has 0 unspecified atom stereocenters. The molecule has 31 heavy (non-hydrogen) atoms. The molecule has 3 aromatic heterocycles. The van der Waals surface area contributed by atoms with Gasteiger partial charge in [0.1, 0.15) is 35.2 Å². The van der Waals surface area contributed by atoms with E-state index in [-0.39, 0.29) is 17.8 Å². The van der Waals surface area contributed by atoms with Crippen molar-refractivity contribution in [1.29, 1.82) is 0 Å². The number of hydrogen-bond acceptors (Lipinski definition) is 4. The van der Waals surface area contributed by atoms with E-state index in [1.165, 1.54) is 12.5 Å². The average molecular weight is 419 g/mol. The van der Waals surface area contributed by atoms with Crippen molar-refractivity contribution in [3.8, 4) is 11.1 Å². The molecule has 0 spiro atoms. The van der Waals surface area contributed by atoms with Gasteiger partial charge in [0.25, 0.3) is 0 Å². The molecule has 0 atom stereocenters. The second kappa shape index (κ2) is 7.09. The summed E-state index contributed by atoms with van der Waals surface area (Å²) in [6, 6.07) is 8.38. The number of rotatable bonds is 3. The Morgan fingerprint density at radius 1 is 0.968 bits per heavy atom. The van der Waals surface area contributed by atoms with E-state index < -0.39 is 17.5 Å². The predicted molar refractivity (Wildman–Crippen MR) is 113 cm³/mol. The second-order valence-corrected chi connectivity index (χ2v) is 7.35. The molecule has 3 heterocycles. The number of nitrogens with zero attached hydrogens (tertiary/aromatic N) is 4. The molecule has 0 fully saturated rings. The number of pyridine rings is 1. The number of aromatic nitrogens is 4. The minimum Gasteiger partial charge on any atom is -0.383 e. The van der Waals surface area contributed by atoms with Crippen molar-refractivity contribution in [1.82, 2.24) is 19.5 Å². The summed E-state index contributed by atoms with van der Waals surface area (Å²) in [5.41, 5.74) is 8.27. The molecular weight excluding hydrogens is 403 g/mol. The molecule has 2 aromatic carbocycles. The first-order valence-corrected chi connectivity index (χ1v) is 9.49. The molecule has 2 N–H and O–H groups in total. The lowest BCUT2D eigenvalue weighted by Crippen LogP contribution is -1.98. The van der Waals surface area contributed by atoms with Crippen LogP contribution in [-0.2, 0) is 13.5 Å². The lowest BCUT2D eigenvalue weighted by molar-refractivity contribution is 0.588. The Bertz CT molecular complexity index is 1480. The molecule has 5 aromatic rings. The van der Waals surface area contributed by atoms with Crippen LogP contribution < -0.4 is 5.73 Å². The number of aryl methyl sites for hydroxylation is 1. The van der Waals surface area contributed by atoms with Crippen molar-refractivity contribution in [3.63, 3.8) is 0 Å². The van der Waals surface area contributed by atoms with Gasteiger partial charge in [-0.05, 0) is 35.2 Å². The van der Waals surface area contributed by atoms with Gasteiger partial charge in [0.15, 0.2) is 0 Å². The molecule has 5 nitrogen and oxygen atoms in total. The topological polar surface area (TPSA) is 69.6 Å². The highest BCUT2D eigenvalue weighted by Gasteiger charge is 2.18. The zero-order chi connectivity index (χ0) is 21.7. The van der Waals surface area contributed by atoms with Crippen LogP contribution in [0.1, 0.15) is 11.3 Å². The van der Waals surface area contributed by atoms with Gasteiger partial charge in [-0.3, -0.25) is 4.98 Å². The molecule has 0 bridgehead atoms. The fourth-order valence-electron chi connectivity index (χ4n) is 3.85. The van der Waals surface area contributed by atoms with Crippen molar-refractivity contribution in [2.45, 2.75) is 6.42 Å². The van der Waals surface area contributed by atoms with Gasteiger partial charge >= 0.3 is 0 Å². The summed E-state index contributed by atoms with van der Waals surface area (Å²) in [6.07, 6.45) is 4.63. The zero-order valence-corrected chi connectivity index (χ0v) is 16.4. The predicted octanol–water partition coefficient (Wildman–Crippen LogP) is 4.77. The Kier molecular flexibility index (Phi) is 4.35. The van der Waals surface area contributed by atoms with Crippen molar-refractivity contribution in [2.75, 3.05) is 5.73 Å². The molecule has 0 aliphatic rings. The molecule has 8 heteroatoms. The van der Waals surface area contributed by atoms with Crippen LogP contribution in [0.3, 0.4) is 0 Å². The number of benzene rings is 2. The minimum absolute atomic E-state index is 0.0973. The Hall–Kier alpha value is -3.94. The van der Waals surface area contributed by atoms with Gasteiger partial charge in [-0.1, -0.05) is 12.1 Å². The highest BCUT2D eigenvalue weighted by molar-refractivity contribution is 6.02. The highest BCUT2D eigenvalue weighted by Crippen LogP contribution is 2.36. The third-order valence-corrected chi connectivity index (χ3v) is 5.35. The Morgan fingerprint density at radius 2 is 1.81 bits per heavy atom. The van der Waals surface area contributed by atoms with Crippen molar-refractivity contribution < 1.29 is 13.2 Å². The van der Waals surface area contributed by atoms with E-state index in [0.717, 1.165) is 18.2 Å². The van der Waals surface area contributed by atoms with E-state index in [1.807, 2.05) is 0 Å². The molecule has 154 valence electrons. The van der Waals surface area contributed by atoms with E-state index in [4.69, 9.17) is 5.73 Å². The molecular formula is C23H16F3N5. The average Bonchev–Trinajstić information content (AvgIpc) is 3.09. The van der Waals surface area contributed by atoms with Gasteiger partial charge in [0.05, 0.1) is 5.39 Å². The highest BCUT2D eigenvalue weighted by atomic mass is 19.1.